The fourth-order valence-corrected chi connectivity index (χ4v) is 2.30. The van der Waals surface area contributed by atoms with Gasteiger partial charge in [0.15, 0.2) is 5.82 Å². The van der Waals surface area contributed by atoms with Crippen molar-refractivity contribution in [1.82, 2.24) is 19.6 Å². The molecule has 8 heteroatoms. The Morgan fingerprint density at radius 3 is 2.91 bits per heavy atom. The van der Waals surface area contributed by atoms with Gasteiger partial charge in [0.1, 0.15) is 10.8 Å². The Balaban J connectivity index is 1.74. The van der Waals surface area contributed by atoms with Crippen molar-refractivity contribution in [2.75, 3.05) is 5.32 Å². The fourth-order valence-electron chi connectivity index (χ4n) is 2.10. The Morgan fingerprint density at radius 1 is 1.39 bits per heavy atom. The van der Waals surface area contributed by atoms with E-state index in [0.717, 1.165) is 5.56 Å². The van der Waals surface area contributed by atoms with Gasteiger partial charge in [0.25, 0.3) is 5.91 Å². The third-order valence-electron chi connectivity index (χ3n) is 3.15. The normalized spacial score (nSPS) is 10.7. The third-order valence-corrected chi connectivity index (χ3v) is 3.43. The molecule has 1 amide bonds. The molecular weight excluding hydrogens is 321 g/mol. The molecule has 0 aliphatic heterocycles. The number of nitrogens with zero attached hydrogens (tertiary/aromatic N) is 4. The van der Waals surface area contributed by atoms with Gasteiger partial charge in [0.2, 0.25) is 0 Å². The zero-order chi connectivity index (χ0) is 16.4. The Hall–Kier alpha value is -2.67. The first-order chi connectivity index (χ1) is 11.0. The van der Waals surface area contributed by atoms with Crippen LogP contribution in [0.4, 0.5) is 10.2 Å². The maximum atomic E-state index is 13.2. The number of hydrogen-bond donors (Lipinski definition) is 1. The molecule has 0 spiro atoms. The van der Waals surface area contributed by atoms with E-state index in [1.807, 2.05) is 0 Å². The van der Waals surface area contributed by atoms with Crippen LogP contribution in [0.3, 0.4) is 0 Å². The van der Waals surface area contributed by atoms with Crippen LogP contribution in [0.1, 0.15) is 15.9 Å². The molecule has 0 aliphatic carbocycles. The second kappa shape index (κ2) is 6.21. The molecule has 0 saturated carbocycles. The van der Waals surface area contributed by atoms with E-state index in [1.165, 1.54) is 27.7 Å². The molecule has 1 aromatic carbocycles. The summed E-state index contributed by atoms with van der Waals surface area (Å²) in [5, 5.41) is 11.1. The monoisotopic (exact) mass is 333 g/mol. The van der Waals surface area contributed by atoms with Gasteiger partial charge in [-0.05, 0) is 17.7 Å². The third kappa shape index (κ3) is 3.57. The van der Waals surface area contributed by atoms with Gasteiger partial charge in [0, 0.05) is 19.4 Å². The lowest BCUT2D eigenvalue weighted by atomic mass is 10.2. The zero-order valence-electron chi connectivity index (χ0n) is 12.2. The first kappa shape index (κ1) is 15.2. The highest BCUT2D eigenvalue weighted by Gasteiger charge is 2.13. The molecule has 118 valence electrons. The number of rotatable bonds is 4. The molecule has 0 bridgehead atoms. The Labute approximate surface area is 136 Å². The van der Waals surface area contributed by atoms with Crippen LogP contribution in [0.5, 0.6) is 0 Å². The fraction of sp³-hybridized carbons (Fsp3) is 0.133. The predicted octanol–water partition coefficient (Wildman–Crippen LogP) is 2.71. The summed E-state index contributed by atoms with van der Waals surface area (Å²) in [5.41, 5.74) is 1.15. The van der Waals surface area contributed by atoms with Crippen LogP contribution in [0, 0.1) is 5.82 Å². The maximum Gasteiger partial charge on any atom is 0.260 e. The average Bonchev–Trinajstić information content (AvgIpc) is 3.06. The summed E-state index contributed by atoms with van der Waals surface area (Å²) in [5.74, 6) is -0.418. The van der Waals surface area contributed by atoms with E-state index in [4.69, 9.17) is 11.6 Å². The largest absolute Gasteiger partial charge is 0.304 e. The van der Waals surface area contributed by atoms with E-state index in [0.29, 0.717) is 17.1 Å². The molecule has 0 aliphatic rings. The number of aryl methyl sites for hydroxylation is 1. The minimum absolute atomic E-state index is 0.247. The summed E-state index contributed by atoms with van der Waals surface area (Å²) < 4.78 is 16.3. The lowest BCUT2D eigenvalue weighted by Crippen LogP contribution is -2.12. The van der Waals surface area contributed by atoms with Gasteiger partial charge < -0.3 is 5.32 Å². The van der Waals surface area contributed by atoms with Crippen LogP contribution >= 0.6 is 11.6 Å². The van der Waals surface area contributed by atoms with Crippen LogP contribution in [-0.2, 0) is 13.6 Å². The number of hydrogen-bond acceptors (Lipinski definition) is 3. The van der Waals surface area contributed by atoms with Crippen molar-refractivity contribution in [3.63, 3.8) is 0 Å². The lowest BCUT2D eigenvalue weighted by Gasteiger charge is -2.02. The van der Waals surface area contributed by atoms with E-state index in [1.54, 1.807) is 31.6 Å². The molecule has 6 nitrogen and oxygen atoms in total. The van der Waals surface area contributed by atoms with E-state index < -0.39 is 0 Å². The number of carbonyl (C=O) groups is 1. The number of benzene rings is 1. The first-order valence-electron chi connectivity index (χ1n) is 6.78. The summed E-state index contributed by atoms with van der Waals surface area (Å²) in [6, 6.07) is 6.20. The minimum Gasteiger partial charge on any atom is -0.304 e. The molecule has 0 fully saturated rings. The van der Waals surface area contributed by atoms with Crippen LogP contribution in [0.2, 0.25) is 5.02 Å². The Kier molecular flexibility index (Phi) is 4.12. The first-order valence-corrected chi connectivity index (χ1v) is 7.16. The van der Waals surface area contributed by atoms with Crippen molar-refractivity contribution in [3.8, 4) is 0 Å². The number of anilines is 1. The van der Waals surface area contributed by atoms with E-state index in [-0.39, 0.29) is 17.5 Å². The van der Waals surface area contributed by atoms with Crippen molar-refractivity contribution in [2.45, 2.75) is 6.54 Å². The molecule has 0 radical (unpaired) electrons. The topological polar surface area (TPSA) is 64.7 Å². The van der Waals surface area contributed by atoms with Crippen LogP contribution in [0.15, 0.2) is 42.9 Å². The summed E-state index contributed by atoms with van der Waals surface area (Å²) in [6.45, 7) is 0.347. The quantitative estimate of drug-likeness (QED) is 0.798. The maximum absolute atomic E-state index is 13.2. The predicted molar refractivity (Wildman–Crippen MR) is 83.9 cm³/mol. The van der Waals surface area contributed by atoms with Crippen molar-refractivity contribution in [1.29, 1.82) is 0 Å². The Bertz CT molecular complexity index is 857. The van der Waals surface area contributed by atoms with Gasteiger partial charge in [0.05, 0.1) is 18.3 Å². The van der Waals surface area contributed by atoms with E-state index in [2.05, 4.69) is 15.5 Å². The second-order valence-corrected chi connectivity index (χ2v) is 5.42. The number of aromatic nitrogens is 4. The van der Waals surface area contributed by atoms with Gasteiger partial charge in [-0.3, -0.25) is 14.2 Å². The second-order valence-electron chi connectivity index (χ2n) is 5.01. The van der Waals surface area contributed by atoms with Crippen LogP contribution < -0.4 is 5.32 Å². The van der Waals surface area contributed by atoms with E-state index >= 15 is 0 Å². The van der Waals surface area contributed by atoms with Gasteiger partial charge in [-0.25, -0.2) is 4.39 Å². The highest BCUT2D eigenvalue weighted by Crippen LogP contribution is 2.20. The van der Waals surface area contributed by atoms with Gasteiger partial charge in [-0.1, -0.05) is 23.7 Å². The summed E-state index contributed by atoms with van der Waals surface area (Å²) >= 11 is 6.09. The number of halogens is 2. The summed E-state index contributed by atoms with van der Waals surface area (Å²) in [4.78, 5) is 12.1. The number of carbonyl (C=O) groups excluding carboxylic acids is 1. The standard InChI is InChI=1S/C15H13ClFN5O/c1-21-8-11(6-18-21)15(23)19-14-13(16)9-22(20-14)7-10-3-2-4-12(17)5-10/h2-6,8-9H,7H2,1H3,(H,19,20,23). The molecule has 23 heavy (non-hydrogen) atoms. The summed E-state index contributed by atoms with van der Waals surface area (Å²) in [7, 11) is 1.72. The van der Waals surface area contributed by atoms with Crippen LogP contribution in [0.25, 0.3) is 0 Å². The smallest absolute Gasteiger partial charge is 0.260 e. The molecule has 3 rings (SSSR count). The van der Waals surface area contributed by atoms with Crippen molar-refractivity contribution >= 4 is 23.3 Å². The van der Waals surface area contributed by atoms with Gasteiger partial charge in [-0.2, -0.15) is 10.2 Å². The average molecular weight is 334 g/mol. The molecule has 2 aromatic heterocycles. The highest BCUT2D eigenvalue weighted by molar-refractivity contribution is 6.33. The molecule has 0 unspecified atom stereocenters. The lowest BCUT2D eigenvalue weighted by molar-refractivity contribution is 0.102. The molecular formula is C15H13ClFN5O. The van der Waals surface area contributed by atoms with Crippen molar-refractivity contribution in [2.24, 2.45) is 7.05 Å². The molecule has 3 aromatic rings. The van der Waals surface area contributed by atoms with Crippen molar-refractivity contribution < 1.29 is 9.18 Å². The van der Waals surface area contributed by atoms with E-state index in [9.17, 15) is 9.18 Å². The summed E-state index contributed by atoms with van der Waals surface area (Å²) in [6.07, 6.45) is 4.62. The zero-order valence-corrected chi connectivity index (χ0v) is 13.0. The molecule has 1 N–H and O–H groups in total. The highest BCUT2D eigenvalue weighted by atomic mass is 35.5. The molecule has 0 saturated heterocycles. The minimum atomic E-state index is -0.351. The SMILES string of the molecule is Cn1cc(C(=O)Nc2nn(Cc3cccc(F)c3)cc2Cl)cn1. The van der Waals surface area contributed by atoms with Gasteiger partial charge >= 0.3 is 0 Å². The van der Waals surface area contributed by atoms with Crippen LogP contribution in [-0.4, -0.2) is 25.5 Å². The van der Waals surface area contributed by atoms with Crippen molar-refractivity contribution in [3.05, 3.63) is 64.8 Å². The Morgan fingerprint density at radius 2 is 2.22 bits per heavy atom. The molecule has 2 heterocycles. The van der Waals surface area contributed by atoms with Gasteiger partial charge in [-0.15, -0.1) is 0 Å². The molecule has 0 atom stereocenters. The number of amides is 1. The number of nitrogens with one attached hydrogen (secondary N) is 1.